The minimum atomic E-state index is -0.469. The van der Waals surface area contributed by atoms with Crippen molar-refractivity contribution in [2.45, 2.75) is 19.6 Å². The van der Waals surface area contributed by atoms with Gasteiger partial charge in [-0.2, -0.15) is 10.4 Å². The van der Waals surface area contributed by atoms with Gasteiger partial charge >= 0.3 is 0 Å². The highest BCUT2D eigenvalue weighted by molar-refractivity contribution is 5.54. The molecule has 3 heterocycles. The summed E-state index contributed by atoms with van der Waals surface area (Å²) < 4.78 is 15.5. The molecule has 6 heteroatoms. The Balaban J connectivity index is 1.52. The second kappa shape index (κ2) is 6.46. The number of halogens is 1. The normalized spacial score (nSPS) is 14.1. The van der Waals surface area contributed by atoms with Gasteiger partial charge in [0.2, 0.25) is 0 Å². The zero-order valence-corrected chi connectivity index (χ0v) is 13.6. The van der Waals surface area contributed by atoms with Crippen molar-refractivity contribution in [1.82, 2.24) is 19.7 Å². The van der Waals surface area contributed by atoms with Gasteiger partial charge in [-0.25, -0.2) is 4.39 Å². The summed E-state index contributed by atoms with van der Waals surface area (Å²) >= 11 is 0. The van der Waals surface area contributed by atoms with E-state index in [1.165, 1.54) is 6.07 Å². The maximum absolute atomic E-state index is 13.5. The lowest BCUT2D eigenvalue weighted by Gasteiger charge is -2.27. The van der Waals surface area contributed by atoms with E-state index in [0.717, 1.165) is 42.3 Å². The molecule has 0 saturated carbocycles. The summed E-state index contributed by atoms with van der Waals surface area (Å²) in [4.78, 5) is 6.62. The third-order valence-corrected chi connectivity index (χ3v) is 4.36. The Morgan fingerprint density at radius 3 is 2.84 bits per heavy atom. The molecular formula is C19H16FN5. The van der Waals surface area contributed by atoms with Crippen LogP contribution >= 0.6 is 0 Å². The quantitative estimate of drug-likeness (QED) is 0.739. The molecule has 1 aliphatic rings. The summed E-state index contributed by atoms with van der Waals surface area (Å²) in [7, 11) is 0. The zero-order chi connectivity index (χ0) is 17.2. The molecule has 0 unspecified atom stereocenters. The van der Waals surface area contributed by atoms with Crippen molar-refractivity contribution in [3.63, 3.8) is 0 Å². The molecule has 0 atom stereocenters. The third-order valence-electron chi connectivity index (χ3n) is 4.36. The van der Waals surface area contributed by atoms with E-state index in [0.29, 0.717) is 6.54 Å². The second-order valence-corrected chi connectivity index (χ2v) is 6.10. The number of pyridine rings is 1. The fourth-order valence-corrected chi connectivity index (χ4v) is 3.11. The number of benzene rings is 1. The first-order valence-corrected chi connectivity index (χ1v) is 8.12. The fourth-order valence-electron chi connectivity index (χ4n) is 3.11. The molecular weight excluding hydrogens is 317 g/mol. The molecule has 0 spiro atoms. The van der Waals surface area contributed by atoms with Crippen LogP contribution in [0.5, 0.6) is 0 Å². The monoisotopic (exact) mass is 333 g/mol. The summed E-state index contributed by atoms with van der Waals surface area (Å²) in [5.41, 5.74) is 3.92. The van der Waals surface area contributed by atoms with Crippen molar-refractivity contribution in [2.24, 2.45) is 0 Å². The molecule has 1 aliphatic heterocycles. The van der Waals surface area contributed by atoms with Gasteiger partial charge in [-0.05, 0) is 35.9 Å². The fraction of sp³-hybridized carbons (Fsp3) is 0.211. The van der Waals surface area contributed by atoms with E-state index in [1.807, 2.05) is 29.0 Å². The molecule has 1 aromatic carbocycles. The van der Waals surface area contributed by atoms with Gasteiger partial charge in [0.15, 0.2) is 0 Å². The van der Waals surface area contributed by atoms with E-state index in [2.05, 4.69) is 21.0 Å². The van der Waals surface area contributed by atoms with Crippen LogP contribution in [0.2, 0.25) is 0 Å². The minimum absolute atomic E-state index is 0.0944. The number of aromatic nitrogens is 3. The van der Waals surface area contributed by atoms with Crippen LogP contribution in [0.1, 0.15) is 16.8 Å². The van der Waals surface area contributed by atoms with Crippen LogP contribution in [-0.4, -0.2) is 26.2 Å². The molecule has 0 amide bonds. The van der Waals surface area contributed by atoms with Gasteiger partial charge in [0.05, 0.1) is 23.5 Å². The van der Waals surface area contributed by atoms with E-state index < -0.39 is 5.82 Å². The number of nitriles is 1. The van der Waals surface area contributed by atoms with Crippen molar-refractivity contribution in [3.05, 3.63) is 71.3 Å². The highest BCUT2D eigenvalue weighted by Gasteiger charge is 2.19. The van der Waals surface area contributed by atoms with Crippen LogP contribution < -0.4 is 0 Å². The topological polar surface area (TPSA) is 57.7 Å². The Labute approximate surface area is 145 Å². The molecule has 0 N–H and O–H groups in total. The van der Waals surface area contributed by atoms with Crippen molar-refractivity contribution in [3.8, 4) is 17.5 Å². The summed E-state index contributed by atoms with van der Waals surface area (Å²) in [6.07, 6.45) is 1.77. The summed E-state index contributed by atoms with van der Waals surface area (Å²) in [5, 5.41) is 13.6. The molecule has 3 aromatic rings. The molecule has 2 aromatic heterocycles. The van der Waals surface area contributed by atoms with Gasteiger partial charge < -0.3 is 0 Å². The number of hydrogen-bond donors (Lipinski definition) is 0. The first-order chi connectivity index (χ1) is 12.2. The van der Waals surface area contributed by atoms with Crippen molar-refractivity contribution in [1.29, 1.82) is 5.26 Å². The lowest BCUT2D eigenvalue weighted by Crippen LogP contribution is -2.33. The zero-order valence-electron chi connectivity index (χ0n) is 13.6. The van der Waals surface area contributed by atoms with E-state index >= 15 is 0 Å². The van der Waals surface area contributed by atoms with Gasteiger partial charge in [-0.3, -0.25) is 14.6 Å². The maximum Gasteiger partial charge on any atom is 0.140 e. The lowest BCUT2D eigenvalue weighted by molar-refractivity contribution is 0.205. The molecule has 0 bridgehead atoms. The van der Waals surface area contributed by atoms with Crippen LogP contribution in [0.4, 0.5) is 4.39 Å². The van der Waals surface area contributed by atoms with Gasteiger partial charge in [0.1, 0.15) is 17.6 Å². The van der Waals surface area contributed by atoms with Gasteiger partial charge in [0.25, 0.3) is 0 Å². The Morgan fingerprint density at radius 1 is 1.12 bits per heavy atom. The Kier molecular flexibility index (Phi) is 4.00. The molecule has 124 valence electrons. The van der Waals surface area contributed by atoms with E-state index in [9.17, 15) is 4.39 Å². The molecule has 5 nitrogen and oxygen atoms in total. The third kappa shape index (κ3) is 3.14. The average molecular weight is 333 g/mol. The smallest absolute Gasteiger partial charge is 0.140 e. The van der Waals surface area contributed by atoms with Crippen molar-refractivity contribution >= 4 is 0 Å². The van der Waals surface area contributed by atoms with Crippen LogP contribution in [0, 0.1) is 17.1 Å². The van der Waals surface area contributed by atoms with E-state index in [-0.39, 0.29) is 5.56 Å². The molecule has 0 aliphatic carbocycles. The number of nitrogens with zero attached hydrogens (tertiary/aromatic N) is 5. The predicted octanol–water partition coefficient (Wildman–Crippen LogP) is 2.97. The average Bonchev–Trinajstić information content (AvgIpc) is 3.07. The number of fused-ring (bicyclic) bond motifs is 1. The first-order valence-electron chi connectivity index (χ1n) is 8.12. The number of rotatable bonds is 3. The van der Waals surface area contributed by atoms with Crippen molar-refractivity contribution in [2.75, 3.05) is 6.54 Å². The van der Waals surface area contributed by atoms with E-state index in [4.69, 9.17) is 5.26 Å². The van der Waals surface area contributed by atoms with Crippen LogP contribution in [-0.2, 0) is 19.6 Å². The van der Waals surface area contributed by atoms with Gasteiger partial charge in [-0.15, -0.1) is 0 Å². The molecule has 4 rings (SSSR count). The SMILES string of the molecule is N#Cc1cc(CN2CCn3nc(-c4ccccn4)cc3C2)ccc1F. The van der Waals surface area contributed by atoms with Crippen LogP contribution in [0.15, 0.2) is 48.7 Å². The Hall–Kier alpha value is -3.04. The summed E-state index contributed by atoms with van der Waals surface area (Å²) in [6, 6.07) is 14.5. The Bertz CT molecular complexity index is 942. The van der Waals surface area contributed by atoms with Gasteiger partial charge in [-0.1, -0.05) is 12.1 Å². The van der Waals surface area contributed by atoms with Crippen LogP contribution in [0.3, 0.4) is 0 Å². The largest absolute Gasteiger partial charge is 0.291 e. The molecule has 0 fully saturated rings. The summed E-state index contributed by atoms with van der Waals surface area (Å²) in [5.74, 6) is -0.469. The predicted molar refractivity (Wildman–Crippen MR) is 90.7 cm³/mol. The Morgan fingerprint density at radius 2 is 2.04 bits per heavy atom. The summed E-state index contributed by atoms with van der Waals surface area (Å²) in [6.45, 7) is 3.10. The maximum atomic E-state index is 13.5. The van der Waals surface area contributed by atoms with Crippen molar-refractivity contribution < 1.29 is 4.39 Å². The highest BCUT2D eigenvalue weighted by atomic mass is 19.1. The minimum Gasteiger partial charge on any atom is -0.291 e. The van der Waals surface area contributed by atoms with Gasteiger partial charge in [0, 0.05) is 25.8 Å². The molecule has 25 heavy (non-hydrogen) atoms. The lowest BCUT2D eigenvalue weighted by atomic mass is 10.1. The van der Waals surface area contributed by atoms with E-state index in [1.54, 1.807) is 18.3 Å². The second-order valence-electron chi connectivity index (χ2n) is 6.10. The molecule has 0 radical (unpaired) electrons. The highest BCUT2D eigenvalue weighted by Crippen LogP contribution is 2.22. The standard InChI is InChI=1S/C19H16FN5/c20-17-5-4-14(9-15(17)11-21)12-24-7-8-25-16(13-24)10-19(23-25)18-3-1-2-6-22-18/h1-6,9-10H,7-8,12-13H2. The van der Waals surface area contributed by atoms with Crippen LogP contribution in [0.25, 0.3) is 11.4 Å². The first kappa shape index (κ1) is 15.5. The number of hydrogen-bond acceptors (Lipinski definition) is 4. The molecule has 0 saturated heterocycles.